The molecule has 1 saturated carbocycles. The molecule has 21 heavy (non-hydrogen) atoms. The highest BCUT2D eigenvalue weighted by Gasteiger charge is 2.25. The molecule has 2 aromatic rings. The first kappa shape index (κ1) is 12.9. The number of aromatic nitrogens is 2. The minimum Gasteiger partial charge on any atom is -0.353 e. The van der Waals surface area contributed by atoms with Gasteiger partial charge in [0.15, 0.2) is 0 Å². The van der Waals surface area contributed by atoms with Gasteiger partial charge in [0, 0.05) is 18.4 Å². The molecule has 0 saturated heterocycles. The molecule has 1 aromatic carbocycles. The van der Waals surface area contributed by atoms with Crippen molar-refractivity contribution in [3.05, 3.63) is 47.8 Å². The number of nitrogens with zero attached hydrogens (tertiary/aromatic N) is 2. The molecule has 3 nitrogen and oxygen atoms in total. The lowest BCUT2D eigenvalue weighted by Gasteiger charge is -2.25. The topological polar surface area (TPSA) is 29.9 Å². The van der Waals surface area contributed by atoms with Gasteiger partial charge in [-0.1, -0.05) is 43.5 Å². The van der Waals surface area contributed by atoms with Crippen LogP contribution in [0.25, 0.3) is 0 Å². The molecule has 4 rings (SSSR count). The molecule has 0 radical (unpaired) electrons. The Balaban J connectivity index is 1.58. The molecule has 0 spiro atoms. The first-order chi connectivity index (χ1) is 10.4. The second kappa shape index (κ2) is 5.55. The van der Waals surface area contributed by atoms with E-state index in [0.29, 0.717) is 12.1 Å². The molecule has 1 heterocycles. The molecule has 2 aliphatic carbocycles. The molecular weight excluding hydrogens is 258 g/mol. The summed E-state index contributed by atoms with van der Waals surface area (Å²) in [6, 6.07) is 9.91. The quantitative estimate of drug-likeness (QED) is 0.915. The van der Waals surface area contributed by atoms with Gasteiger partial charge in [0.05, 0.1) is 6.04 Å². The Kier molecular flexibility index (Phi) is 3.42. The van der Waals surface area contributed by atoms with Gasteiger partial charge in [0.2, 0.25) is 5.95 Å². The number of benzene rings is 1. The molecule has 3 heteroatoms. The van der Waals surface area contributed by atoms with Gasteiger partial charge >= 0.3 is 0 Å². The first-order valence-electron chi connectivity index (χ1n) is 8.29. The van der Waals surface area contributed by atoms with E-state index in [1.807, 2.05) is 6.20 Å². The fraction of sp³-hybridized carbons (Fsp3) is 0.500. The van der Waals surface area contributed by atoms with Crippen LogP contribution in [0.3, 0.4) is 0 Å². The van der Waals surface area contributed by atoms with Crippen LogP contribution in [-0.2, 0) is 6.42 Å². The van der Waals surface area contributed by atoms with Crippen molar-refractivity contribution in [3.63, 3.8) is 0 Å². The third-order valence-corrected chi connectivity index (χ3v) is 5.04. The smallest absolute Gasteiger partial charge is 0.203 e. The molecule has 0 aliphatic heterocycles. The number of anilines is 1. The lowest BCUT2D eigenvalue weighted by atomic mass is 9.96. The zero-order valence-electron chi connectivity index (χ0n) is 12.5. The maximum atomic E-state index is 4.58. The van der Waals surface area contributed by atoms with Crippen molar-refractivity contribution >= 4 is 5.95 Å². The highest BCUT2D eigenvalue weighted by molar-refractivity contribution is 5.39. The first-order valence-corrected chi connectivity index (χ1v) is 8.29. The summed E-state index contributed by atoms with van der Waals surface area (Å²) in [6.45, 7) is 0. The number of aryl methyl sites for hydroxylation is 1. The summed E-state index contributed by atoms with van der Waals surface area (Å²) < 4.78 is 2.35. The second-order valence-electron chi connectivity index (χ2n) is 6.39. The van der Waals surface area contributed by atoms with E-state index in [4.69, 9.17) is 0 Å². The summed E-state index contributed by atoms with van der Waals surface area (Å²) in [7, 11) is 0. The van der Waals surface area contributed by atoms with E-state index in [-0.39, 0.29) is 0 Å². The molecule has 110 valence electrons. The summed E-state index contributed by atoms with van der Waals surface area (Å²) in [4.78, 5) is 4.58. The zero-order chi connectivity index (χ0) is 14.1. The number of fused-ring (bicyclic) bond motifs is 1. The fourth-order valence-electron chi connectivity index (χ4n) is 3.93. The largest absolute Gasteiger partial charge is 0.353 e. The van der Waals surface area contributed by atoms with Crippen LogP contribution in [0.4, 0.5) is 5.95 Å². The van der Waals surface area contributed by atoms with Crippen molar-refractivity contribution in [1.82, 2.24) is 9.55 Å². The minimum absolute atomic E-state index is 0.454. The Bertz CT molecular complexity index is 610. The summed E-state index contributed by atoms with van der Waals surface area (Å²) in [5.41, 5.74) is 2.97. The number of hydrogen-bond donors (Lipinski definition) is 1. The second-order valence-corrected chi connectivity index (χ2v) is 6.39. The standard InChI is InChI=1S/C18H23N3/c1-2-7-15(8-3-1)20-18-19-12-13-21(18)17-11-10-14-6-4-5-9-16(14)17/h4-6,9,12-13,15,17H,1-3,7-8,10-11H2,(H,19,20). The van der Waals surface area contributed by atoms with Gasteiger partial charge < -0.3 is 9.88 Å². The van der Waals surface area contributed by atoms with Gasteiger partial charge in [-0.3, -0.25) is 0 Å². The van der Waals surface area contributed by atoms with Crippen molar-refractivity contribution in [2.45, 2.75) is 57.0 Å². The van der Waals surface area contributed by atoms with Gasteiger partial charge in [0.25, 0.3) is 0 Å². The zero-order valence-corrected chi connectivity index (χ0v) is 12.5. The molecule has 1 aromatic heterocycles. The number of rotatable bonds is 3. The monoisotopic (exact) mass is 281 g/mol. The third kappa shape index (κ3) is 2.45. The average molecular weight is 281 g/mol. The van der Waals surface area contributed by atoms with Gasteiger partial charge in [-0.2, -0.15) is 0 Å². The number of hydrogen-bond acceptors (Lipinski definition) is 2. The molecule has 2 aliphatic rings. The fourth-order valence-corrected chi connectivity index (χ4v) is 3.93. The van der Waals surface area contributed by atoms with Gasteiger partial charge in [-0.05, 0) is 36.8 Å². The van der Waals surface area contributed by atoms with Crippen LogP contribution in [0.1, 0.15) is 55.7 Å². The molecule has 1 fully saturated rings. The highest BCUT2D eigenvalue weighted by atomic mass is 15.2. The van der Waals surface area contributed by atoms with E-state index >= 15 is 0 Å². The van der Waals surface area contributed by atoms with Crippen LogP contribution >= 0.6 is 0 Å². The minimum atomic E-state index is 0.454. The van der Waals surface area contributed by atoms with E-state index < -0.39 is 0 Å². The molecule has 1 atom stereocenters. The SMILES string of the molecule is c1ccc2c(c1)CCC2n1ccnc1NC1CCCCC1. The molecular formula is C18H23N3. The molecule has 1 N–H and O–H groups in total. The van der Waals surface area contributed by atoms with E-state index in [1.54, 1.807) is 0 Å². The van der Waals surface area contributed by atoms with Crippen LogP contribution < -0.4 is 5.32 Å². The third-order valence-electron chi connectivity index (χ3n) is 5.04. The Morgan fingerprint density at radius 2 is 1.90 bits per heavy atom. The van der Waals surface area contributed by atoms with E-state index in [2.05, 4.69) is 45.3 Å². The van der Waals surface area contributed by atoms with Gasteiger partial charge in [-0.15, -0.1) is 0 Å². The summed E-state index contributed by atoms with van der Waals surface area (Å²) in [6.07, 6.45) is 13.1. The maximum Gasteiger partial charge on any atom is 0.203 e. The Morgan fingerprint density at radius 1 is 1.05 bits per heavy atom. The number of nitrogens with one attached hydrogen (secondary N) is 1. The predicted molar refractivity (Wildman–Crippen MR) is 85.6 cm³/mol. The lowest BCUT2D eigenvalue weighted by molar-refractivity contribution is 0.457. The number of imidazole rings is 1. The molecule has 0 amide bonds. The Labute approximate surface area is 126 Å². The lowest BCUT2D eigenvalue weighted by Crippen LogP contribution is -2.25. The van der Waals surface area contributed by atoms with Crippen molar-refractivity contribution in [1.29, 1.82) is 0 Å². The van der Waals surface area contributed by atoms with Crippen LogP contribution in [0.15, 0.2) is 36.7 Å². The summed E-state index contributed by atoms with van der Waals surface area (Å²) in [5.74, 6) is 1.06. The van der Waals surface area contributed by atoms with E-state index in [9.17, 15) is 0 Å². The van der Waals surface area contributed by atoms with E-state index in [0.717, 1.165) is 5.95 Å². The normalized spacial score (nSPS) is 22.2. The van der Waals surface area contributed by atoms with Crippen molar-refractivity contribution < 1.29 is 0 Å². The van der Waals surface area contributed by atoms with Crippen molar-refractivity contribution in [2.24, 2.45) is 0 Å². The summed E-state index contributed by atoms with van der Waals surface area (Å²) >= 11 is 0. The van der Waals surface area contributed by atoms with Crippen LogP contribution in [0, 0.1) is 0 Å². The Morgan fingerprint density at radius 3 is 2.81 bits per heavy atom. The van der Waals surface area contributed by atoms with E-state index in [1.165, 1.54) is 56.1 Å². The van der Waals surface area contributed by atoms with Crippen LogP contribution in [0.2, 0.25) is 0 Å². The molecule has 0 bridgehead atoms. The highest BCUT2D eigenvalue weighted by Crippen LogP contribution is 2.36. The Hall–Kier alpha value is -1.77. The van der Waals surface area contributed by atoms with Crippen LogP contribution in [-0.4, -0.2) is 15.6 Å². The average Bonchev–Trinajstić information content (AvgIpc) is 3.14. The maximum absolute atomic E-state index is 4.58. The van der Waals surface area contributed by atoms with Gasteiger partial charge in [-0.25, -0.2) is 4.98 Å². The van der Waals surface area contributed by atoms with Crippen molar-refractivity contribution in [2.75, 3.05) is 5.32 Å². The molecule has 1 unspecified atom stereocenters. The van der Waals surface area contributed by atoms with Gasteiger partial charge in [0.1, 0.15) is 0 Å². The summed E-state index contributed by atoms with van der Waals surface area (Å²) in [5, 5.41) is 3.69. The van der Waals surface area contributed by atoms with Crippen LogP contribution in [0.5, 0.6) is 0 Å². The van der Waals surface area contributed by atoms with Crippen molar-refractivity contribution in [3.8, 4) is 0 Å². The predicted octanol–water partition coefficient (Wildman–Crippen LogP) is 4.16.